The Morgan fingerprint density at radius 2 is 1.96 bits per heavy atom. The van der Waals surface area contributed by atoms with Crippen LogP contribution in [0.1, 0.15) is 0 Å². The maximum absolute atomic E-state index is 6.15. The Morgan fingerprint density at radius 3 is 2.88 bits per heavy atom. The van der Waals surface area contributed by atoms with Crippen molar-refractivity contribution >= 4 is 60.8 Å². The number of aromatic amines is 2. The Bertz CT molecular complexity index is 1220. The van der Waals surface area contributed by atoms with Gasteiger partial charge in [-0.3, -0.25) is 0 Å². The van der Waals surface area contributed by atoms with E-state index in [-0.39, 0.29) is 0 Å². The molecule has 5 rings (SSSR count). The normalized spacial score (nSPS) is 11.6. The quantitative estimate of drug-likeness (QED) is 0.356. The Morgan fingerprint density at radius 1 is 1.08 bits per heavy atom. The fraction of sp³-hybridized carbons (Fsp3) is 0. The Kier molecular flexibility index (Phi) is 3.41. The summed E-state index contributed by atoms with van der Waals surface area (Å²) in [5.41, 5.74) is 4.64. The topological polar surface area (TPSA) is 70.2 Å². The molecule has 0 radical (unpaired) electrons. The molecule has 122 valence electrons. The minimum Gasteiger partial charge on any atom is -0.358 e. The van der Waals surface area contributed by atoms with Crippen LogP contribution in [0.25, 0.3) is 43.8 Å². The standard InChI is InChI=1S/C17H9BrClN5S/c18-8-3-10-12(6-23-16(10)22-4-8)17-24-13(7-25-17)11-5-21-14-9(11)1-2-20-15(14)19/h1-7,21H,(H,22,23). The summed E-state index contributed by atoms with van der Waals surface area (Å²) in [5, 5.41) is 5.51. The number of H-pyrrole nitrogens is 2. The van der Waals surface area contributed by atoms with E-state index in [0.29, 0.717) is 5.15 Å². The van der Waals surface area contributed by atoms with Crippen LogP contribution in [0.2, 0.25) is 5.15 Å². The molecule has 25 heavy (non-hydrogen) atoms. The fourth-order valence-electron chi connectivity index (χ4n) is 2.91. The number of fused-ring (bicyclic) bond motifs is 2. The number of thiazole rings is 1. The van der Waals surface area contributed by atoms with Crippen LogP contribution in [0.4, 0.5) is 0 Å². The van der Waals surface area contributed by atoms with Crippen molar-refractivity contribution in [3.05, 3.63) is 51.9 Å². The summed E-state index contributed by atoms with van der Waals surface area (Å²) in [4.78, 5) is 19.7. The number of hydrogen-bond donors (Lipinski definition) is 2. The summed E-state index contributed by atoms with van der Waals surface area (Å²) in [6.45, 7) is 0. The van der Waals surface area contributed by atoms with E-state index in [0.717, 1.165) is 48.2 Å². The van der Waals surface area contributed by atoms with Crippen molar-refractivity contribution in [3.63, 3.8) is 0 Å². The monoisotopic (exact) mass is 429 g/mol. The van der Waals surface area contributed by atoms with Gasteiger partial charge >= 0.3 is 0 Å². The summed E-state index contributed by atoms with van der Waals surface area (Å²) in [7, 11) is 0. The average molecular weight is 431 g/mol. The zero-order chi connectivity index (χ0) is 17.0. The van der Waals surface area contributed by atoms with Crippen LogP contribution in [-0.2, 0) is 0 Å². The summed E-state index contributed by atoms with van der Waals surface area (Å²) < 4.78 is 0.941. The van der Waals surface area contributed by atoms with Crippen LogP contribution in [0, 0.1) is 0 Å². The molecule has 0 unspecified atom stereocenters. The van der Waals surface area contributed by atoms with E-state index in [2.05, 4.69) is 41.2 Å². The van der Waals surface area contributed by atoms with Crippen molar-refractivity contribution in [1.29, 1.82) is 0 Å². The van der Waals surface area contributed by atoms with Crippen molar-refractivity contribution in [1.82, 2.24) is 24.9 Å². The number of rotatable bonds is 2. The van der Waals surface area contributed by atoms with Gasteiger partial charge in [-0.25, -0.2) is 15.0 Å². The third kappa shape index (κ3) is 2.38. The molecule has 0 saturated heterocycles. The Balaban J connectivity index is 1.65. The van der Waals surface area contributed by atoms with Crippen molar-refractivity contribution < 1.29 is 0 Å². The highest BCUT2D eigenvalue weighted by Gasteiger charge is 2.15. The zero-order valence-electron chi connectivity index (χ0n) is 12.5. The van der Waals surface area contributed by atoms with Crippen LogP contribution in [0.3, 0.4) is 0 Å². The van der Waals surface area contributed by atoms with Gasteiger partial charge in [0.1, 0.15) is 10.7 Å². The molecule has 5 nitrogen and oxygen atoms in total. The van der Waals surface area contributed by atoms with Gasteiger partial charge in [0.15, 0.2) is 5.15 Å². The van der Waals surface area contributed by atoms with E-state index >= 15 is 0 Å². The largest absolute Gasteiger partial charge is 0.358 e. The average Bonchev–Trinajstić information content (AvgIpc) is 3.31. The molecule has 0 atom stereocenters. The van der Waals surface area contributed by atoms with E-state index in [1.54, 1.807) is 23.7 Å². The maximum Gasteiger partial charge on any atom is 0.153 e. The zero-order valence-corrected chi connectivity index (χ0v) is 15.7. The Labute approximate surface area is 159 Å². The first-order valence-corrected chi connectivity index (χ1v) is 9.46. The third-order valence-corrected chi connectivity index (χ3v) is 5.66. The van der Waals surface area contributed by atoms with Crippen molar-refractivity contribution in [3.8, 4) is 21.8 Å². The molecule has 2 N–H and O–H groups in total. The van der Waals surface area contributed by atoms with Gasteiger partial charge in [-0.1, -0.05) is 11.6 Å². The lowest BCUT2D eigenvalue weighted by Crippen LogP contribution is -1.80. The minimum atomic E-state index is 0.465. The van der Waals surface area contributed by atoms with Gasteiger partial charge in [-0.05, 0) is 28.1 Å². The molecule has 0 saturated carbocycles. The number of nitrogens with zero attached hydrogens (tertiary/aromatic N) is 3. The van der Waals surface area contributed by atoms with Gasteiger partial charge in [0.05, 0.1) is 11.2 Å². The van der Waals surface area contributed by atoms with Gasteiger partial charge in [-0.15, -0.1) is 11.3 Å². The summed E-state index contributed by atoms with van der Waals surface area (Å²) in [6.07, 6.45) is 7.35. The number of nitrogens with one attached hydrogen (secondary N) is 2. The molecule has 0 fully saturated rings. The molecular formula is C17H9BrClN5S. The van der Waals surface area contributed by atoms with E-state index in [1.807, 2.05) is 24.5 Å². The second kappa shape index (κ2) is 5.66. The first-order chi connectivity index (χ1) is 12.2. The molecule has 0 bridgehead atoms. The molecular weight excluding hydrogens is 422 g/mol. The molecule has 5 aromatic rings. The number of aromatic nitrogens is 5. The second-order valence-electron chi connectivity index (χ2n) is 5.52. The predicted molar refractivity (Wildman–Crippen MR) is 105 cm³/mol. The van der Waals surface area contributed by atoms with Gasteiger partial charge in [-0.2, -0.15) is 0 Å². The number of hydrogen-bond acceptors (Lipinski definition) is 4. The van der Waals surface area contributed by atoms with Gasteiger partial charge in [0.2, 0.25) is 0 Å². The van der Waals surface area contributed by atoms with Crippen LogP contribution in [0.15, 0.2) is 46.8 Å². The lowest BCUT2D eigenvalue weighted by atomic mass is 10.1. The van der Waals surface area contributed by atoms with Crippen molar-refractivity contribution in [2.45, 2.75) is 0 Å². The van der Waals surface area contributed by atoms with E-state index in [4.69, 9.17) is 16.6 Å². The van der Waals surface area contributed by atoms with Crippen molar-refractivity contribution in [2.75, 3.05) is 0 Å². The Hall–Kier alpha value is -2.22. The lowest BCUT2D eigenvalue weighted by Gasteiger charge is -1.96. The highest BCUT2D eigenvalue weighted by molar-refractivity contribution is 9.10. The molecule has 0 amide bonds. The molecule has 0 spiro atoms. The molecule has 0 aliphatic rings. The van der Waals surface area contributed by atoms with E-state index < -0.39 is 0 Å². The predicted octanol–water partition coefficient (Wildman–Crippen LogP) is 5.65. The molecule has 0 aliphatic heterocycles. The summed E-state index contributed by atoms with van der Waals surface area (Å²) >= 11 is 11.2. The van der Waals surface area contributed by atoms with Crippen LogP contribution in [-0.4, -0.2) is 24.9 Å². The summed E-state index contributed by atoms with van der Waals surface area (Å²) in [5.74, 6) is 0. The smallest absolute Gasteiger partial charge is 0.153 e. The second-order valence-corrected chi connectivity index (χ2v) is 7.65. The van der Waals surface area contributed by atoms with Crippen LogP contribution in [0.5, 0.6) is 0 Å². The minimum absolute atomic E-state index is 0.465. The number of pyridine rings is 2. The number of halogens is 2. The first-order valence-electron chi connectivity index (χ1n) is 7.41. The first kappa shape index (κ1) is 15.1. The molecule has 0 aliphatic carbocycles. The highest BCUT2D eigenvalue weighted by atomic mass is 79.9. The maximum atomic E-state index is 6.15. The van der Waals surface area contributed by atoms with Gasteiger partial charge in [0.25, 0.3) is 0 Å². The fourth-order valence-corrected chi connectivity index (χ4v) is 4.30. The van der Waals surface area contributed by atoms with Crippen molar-refractivity contribution in [2.24, 2.45) is 0 Å². The van der Waals surface area contributed by atoms with E-state index in [9.17, 15) is 0 Å². The van der Waals surface area contributed by atoms with Crippen LogP contribution >= 0.6 is 38.9 Å². The van der Waals surface area contributed by atoms with E-state index in [1.165, 1.54) is 0 Å². The summed E-state index contributed by atoms with van der Waals surface area (Å²) in [6, 6.07) is 3.99. The SMILES string of the molecule is Clc1nccc2c(-c3csc(-c4c[nH]c5ncc(Br)cc45)n3)c[nH]c12. The van der Waals surface area contributed by atoms with Gasteiger partial charge < -0.3 is 9.97 Å². The third-order valence-electron chi connectivity index (χ3n) is 4.06. The lowest BCUT2D eigenvalue weighted by molar-refractivity contribution is 1.31. The molecule has 8 heteroatoms. The molecule has 0 aromatic carbocycles. The molecule has 5 heterocycles. The highest BCUT2D eigenvalue weighted by Crippen LogP contribution is 2.36. The molecule has 5 aromatic heterocycles. The van der Waals surface area contributed by atoms with Gasteiger partial charge in [0, 0.05) is 56.5 Å². The van der Waals surface area contributed by atoms with Crippen LogP contribution < -0.4 is 0 Å².